The first kappa shape index (κ1) is 10.8. The first-order chi connectivity index (χ1) is 7.79. The van der Waals surface area contributed by atoms with Crippen LogP contribution in [0.25, 0.3) is 0 Å². The van der Waals surface area contributed by atoms with E-state index in [9.17, 15) is 0 Å². The van der Waals surface area contributed by atoms with Gasteiger partial charge < -0.3 is 10.1 Å². The van der Waals surface area contributed by atoms with Gasteiger partial charge in [-0.1, -0.05) is 11.6 Å². The molecule has 2 aromatic rings. The van der Waals surface area contributed by atoms with Gasteiger partial charge in [-0.2, -0.15) is 0 Å². The lowest BCUT2D eigenvalue weighted by Crippen LogP contribution is -1.92. The standard InChI is InChI=1S/C12H11ClN2O/c1-16-10-6-4-9(5-7-10)15-11-3-2-8-14-12(11)13/h2-8,15H,1H3. The molecule has 2 rings (SSSR count). The smallest absolute Gasteiger partial charge is 0.152 e. The van der Waals surface area contributed by atoms with Crippen LogP contribution in [0.15, 0.2) is 42.6 Å². The maximum absolute atomic E-state index is 5.93. The van der Waals surface area contributed by atoms with Gasteiger partial charge in [-0.25, -0.2) is 4.98 Å². The molecule has 0 bridgehead atoms. The van der Waals surface area contributed by atoms with Crippen LogP contribution in [0, 0.1) is 0 Å². The fourth-order valence-corrected chi connectivity index (χ4v) is 1.48. The lowest BCUT2D eigenvalue weighted by molar-refractivity contribution is 0.415. The summed E-state index contributed by atoms with van der Waals surface area (Å²) < 4.78 is 5.08. The number of rotatable bonds is 3. The predicted octanol–water partition coefficient (Wildman–Crippen LogP) is 3.49. The van der Waals surface area contributed by atoms with Gasteiger partial charge in [0.25, 0.3) is 0 Å². The summed E-state index contributed by atoms with van der Waals surface area (Å²) in [6.45, 7) is 0. The minimum atomic E-state index is 0.457. The highest BCUT2D eigenvalue weighted by molar-refractivity contribution is 6.32. The van der Waals surface area contributed by atoms with E-state index in [-0.39, 0.29) is 0 Å². The van der Waals surface area contributed by atoms with Crippen molar-refractivity contribution in [2.75, 3.05) is 12.4 Å². The maximum Gasteiger partial charge on any atom is 0.152 e. The summed E-state index contributed by atoms with van der Waals surface area (Å²) >= 11 is 5.93. The fourth-order valence-electron chi connectivity index (χ4n) is 1.31. The Bertz CT molecular complexity index is 471. The van der Waals surface area contributed by atoms with Crippen molar-refractivity contribution < 1.29 is 4.74 Å². The summed E-state index contributed by atoms with van der Waals surface area (Å²) in [5, 5.41) is 3.63. The zero-order chi connectivity index (χ0) is 11.4. The third kappa shape index (κ3) is 2.44. The fraction of sp³-hybridized carbons (Fsp3) is 0.0833. The molecule has 0 spiro atoms. The second kappa shape index (κ2) is 4.86. The maximum atomic E-state index is 5.93. The average Bonchev–Trinajstić information content (AvgIpc) is 2.33. The van der Waals surface area contributed by atoms with Crippen LogP contribution in [0.3, 0.4) is 0 Å². The highest BCUT2D eigenvalue weighted by atomic mass is 35.5. The second-order valence-electron chi connectivity index (χ2n) is 3.20. The molecule has 1 aromatic heterocycles. The summed E-state index contributed by atoms with van der Waals surface area (Å²) in [5.41, 5.74) is 1.73. The predicted molar refractivity (Wildman–Crippen MR) is 65.5 cm³/mol. The normalized spacial score (nSPS) is 9.88. The van der Waals surface area contributed by atoms with Gasteiger partial charge in [0.15, 0.2) is 5.15 Å². The van der Waals surface area contributed by atoms with Crippen molar-refractivity contribution in [1.29, 1.82) is 0 Å². The summed E-state index contributed by atoms with van der Waals surface area (Å²) in [7, 11) is 1.64. The number of nitrogens with zero attached hydrogens (tertiary/aromatic N) is 1. The van der Waals surface area contributed by atoms with E-state index in [4.69, 9.17) is 16.3 Å². The zero-order valence-electron chi connectivity index (χ0n) is 8.77. The second-order valence-corrected chi connectivity index (χ2v) is 3.55. The molecule has 1 heterocycles. The van der Waals surface area contributed by atoms with Crippen LogP contribution in [-0.2, 0) is 0 Å². The van der Waals surface area contributed by atoms with Crippen LogP contribution in [0.5, 0.6) is 5.75 Å². The topological polar surface area (TPSA) is 34.1 Å². The molecule has 1 aromatic carbocycles. The molecule has 0 aliphatic carbocycles. The van der Waals surface area contributed by atoms with Gasteiger partial charge in [-0.05, 0) is 36.4 Å². The molecular formula is C12H11ClN2O. The van der Waals surface area contributed by atoms with E-state index < -0.39 is 0 Å². The Morgan fingerprint density at radius 2 is 1.94 bits per heavy atom. The molecule has 3 nitrogen and oxygen atoms in total. The molecule has 0 saturated heterocycles. The van der Waals surface area contributed by atoms with Crippen LogP contribution in [0.1, 0.15) is 0 Å². The van der Waals surface area contributed by atoms with Crippen molar-refractivity contribution >= 4 is 23.0 Å². The van der Waals surface area contributed by atoms with Gasteiger partial charge >= 0.3 is 0 Å². The molecule has 0 atom stereocenters. The Balaban J connectivity index is 2.18. The quantitative estimate of drug-likeness (QED) is 0.826. The Hall–Kier alpha value is -1.74. The van der Waals surface area contributed by atoms with Crippen LogP contribution in [0.2, 0.25) is 5.15 Å². The molecule has 0 amide bonds. The number of benzene rings is 1. The Morgan fingerprint density at radius 3 is 2.56 bits per heavy atom. The monoisotopic (exact) mass is 234 g/mol. The van der Waals surface area contributed by atoms with Crippen LogP contribution >= 0.6 is 11.6 Å². The van der Waals surface area contributed by atoms with Crippen molar-refractivity contribution in [3.05, 3.63) is 47.7 Å². The number of hydrogen-bond donors (Lipinski definition) is 1. The van der Waals surface area contributed by atoms with Gasteiger partial charge in [-0.3, -0.25) is 0 Å². The first-order valence-corrected chi connectivity index (χ1v) is 5.19. The molecule has 82 valence electrons. The van der Waals surface area contributed by atoms with Crippen LogP contribution < -0.4 is 10.1 Å². The molecule has 0 unspecified atom stereocenters. The minimum Gasteiger partial charge on any atom is -0.497 e. The van der Waals surface area contributed by atoms with E-state index in [0.717, 1.165) is 17.1 Å². The molecule has 16 heavy (non-hydrogen) atoms. The Labute approximate surface area is 99.0 Å². The summed E-state index contributed by atoms with van der Waals surface area (Å²) in [4.78, 5) is 3.99. The van der Waals surface area contributed by atoms with Gasteiger partial charge in [0, 0.05) is 11.9 Å². The van der Waals surface area contributed by atoms with Gasteiger partial charge in [0.1, 0.15) is 5.75 Å². The highest BCUT2D eigenvalue weighted by Gasteiger charge is 2.00. The number of methoxy groups -OCH3 is 1. The van der Waals surface area contributed by atoms with E-state index in [1.165, 1.54) is 0 Å². The Morgan fingerprint density at radius 1 is 1.19 bits per heavy atom. The highest BCUT2D eigenvalue weighted by Crippen LogP contribution is 2.24. The number of hydrogen-bond acceptors (Lipinski definition) is 3. The third-order valence-electron chi connectivity index (χ3n) is 2.13. The lowest BCUT2D eigenvalue weighted by Gasteiger charge is -2.07. The molecule has 4 heteroatoms. The Kier molecular flexibility index (Phi) is 3.27. The molecule has 0 aliphatic rings. The van der Waals surface area contributed by atoms with Crippen LogP contribution in [-0.4, -0.2) is 12.1 Å². The number of nitrogens with one attached hydrogen (secondary N) is 1. The summed E-state index contributed by atoms with van der Waals surface area (Å²) in [5.74, 6) is 0.822. The van der Waals surface area contributed by atoms with Crippen molar-refractivity contribution in [2.24, 2.45) is 0 Å². The number of ether oxygens (including phenoxy) is 1. The number of halogens is 1. The van der Waals surface area contributed by atoms with Crippen molar-refractivity contribution in [3.8, 4) is 5.75 Å². The summed E-state index contributed by atoms with van der Waals surface area (Å²) in [6, 6.07) is 11.3. The first-order valence-electron chi connectivity index (χ1n) is 4.81. The molecule has 1 N–H and O–H groups in total. The zero-order valence-corrected chi connectivity index (χ0v) is 9.53. The largest absolute Gasteiger partial charge is 0.497 e. The van der Waals surface area contributed by atoms with E-state index in [0.29, 0.717) is 5.15 Å². The van der Waals surface area contributed by atoms with Gasteiger partial charge in [0.05, 0.1) is 12.8 Å². The van der Waals surface area contributed by atoms with Gasteiger partial charge in [0.2, 0.25) is 0 Å². The van der Waals surface area contributed by atoms with E-state index in [1.807, 2.05) is 36.4 Å². The molecule has 0 fully saturated rings. The van der Waals surface area contributed by atoms with Gasteiger partial charge in [-0.15, -0.1) is 0 Å². The number of pyridine rings is 1. The number of aromatic nitrogens is 1. The molecule has 0 aliphatic heterocycles. The van der Waals surface area contributed by atoms with Crippen molar-refractivity contribution in [1.82, 2.24) is 4.98 Å². The average molecular weight is 235 g/mol. The third-order valence-corrected chi connectivity index (χ3v) is 2.43. The molecular weight excluding hydrogens is 224 g/mol. The van der Waals surface area contributed by atoms with Crippen molar-refractivity contribution in [2.45, 2.75) is 0 Å². The number of anilines is 2. The van der Waals surface area contributed by atoms with E-state index in [1.54, 1.807) is 13.3 Å². The van der Waals surface area contributed by atoms with Crippen LogP contribution in [0.4, 0.5) is 11.4 Å². The SMILES string of the molecule is COc1ccc(Nc2cccnc2Cl)cc1. The molecule has 0 radical (unpaired) electrons. The van der Waals surface area contributed by atoms with E-state index >= 15 is 0 Å². The molecule has 0 saturated carbocycles. The summed E-state index contributed by atoms with van der Waals surface area (Å²) in [6.07, 6.45) is 1.65. The van der Waals surface area contributed by atoms with Crippen molar-refractivity contribution in [3.63, 3.8) is 0 Å². The lowest BCUT2D eigenvalue weighted by atomic mass is 10.3. The van der Waals surface area contributed by atoms with E-state index in [2.05, 4.69) is 10.3 Å². The minimum absolute atomic E-state index is 0.457.